The maximum atomic E-state index is 14.2. The number of amides is 1. The molecule has 0 unspecified atom stereocenters. The summed E-state index contributed by atoms with van der Waals surface area (Å²) in [6.45, 7) is 7.44. The van der Waals surface area contributed by atoms with Crippen LogP contribution in [0.25, 0.3) is 5.69 Å². The lowest BCUT2D eigenvalue weighted by Gasteiger charge is -2.11. The fourth-order valence-corrected chi connectivity index (χ4v) is 2.59. The fourth-order valence-electron chi connectivity index (χ4n) is 2.59. The second-order valence-corrected chi connectivity index (χ2v) is 6.53. The standard InChI is InChI=1S/C20H21FN4O2/c1-12(2)27-16-9-10-18(17(21)11-16)22-20(26)19-14(4)25(24-23-19)15-7-5-13(3)6-8-15/h5-12H,1-4H3,(H,22,26). The Labute approximate surface area is 157 Å². The monoisotopic (exact) mass is 368 g/mol. The van der Waals surface area contributed by atoms with Crippen molar-refractivity contribution in [3.05, 3.63) is 65.2 Å². The van der Waals surface area contributed by atoms with Gasteiger partial charge in [-0.15, -0.1) is 5.10 Å². The number of nitrogens with one attached hydrogen (secondary N) is 1. The predicted octanol–water partition coefficient (Wildman–Crippen LogP) is 4.06. The third kappa shape index (κ3) is 4.13. The second-order valence-electron chi connectivity index (χ2n) is 6.53. The molecular formula is C20H21FN4O2. The predicted molar refractivity (Wildman–Crippen MR) is 101 cm³/mol. The Morgan fingerprint density at radius 3 is 2.48 bits per heavy atom. The minimum absolute atomic E-state index is 0.0559. The molecule has 0 aliphatic heterocycles. The lowest BCUT2D eigenvalue weighted by Crippen LogP contribution is -2.15. The van der Waals surface area contributed by atoms with Crippen molar-refractivity contribution in [3.8, 4) is 11.4 Å². The van der Waals surface area contributed by atoms with E-state index in [4.69, 9.17) is 4.74 Å². The highest BCUT2D eigenvalue weighted by atomic mass is 19.1. The Bertz CT molecular complexity index is 965. The average molecular weight is 368 g/mol. The van der Waals surface area contributed by atoms with Crippen LogP contribution in [0.4, 0.5) is 10.1 Å². The molecule has 1 heterocycles. The molecule has 3 rings (SSSR count). The van der Waals surface area contributed by atoms with Crippen LogP contribution in [0.2, 0.25) is 0 Å². The van der Waals surface area contributed by atoms with E-state index in [1.54, 1.807) is 17.7 Å². The van der Waals surface area contributed by atoms with Gasteiger partial charge in [0.2, 0.25) is 0 Å². The van der Waals surface area contributed by atoms with Crippen LogP contribution in [0.3, 0.4) is 0 Å². The number of anilines is 1. The summed E-state index contributed by atoms with van der Waals surface area (Å²) in [5, 5.41) is 10.5. The molecule has 6 nitrogen and oxygen atoms in total. The summed E-state index contributed by atoms with van der Waals surface area (Å²) in [4.78, 5) is 12.5. The third-order valence-electron chi connectivity index (χ3n) is 3.95. The maximum absolute atomic E-state index is 14.2. The first-order valence-electron chi connectivity index (χ1n) is 8.62. The molecule has 1 N–H and O–H groups in total. The molecule has 0 radical (unpaired) electrons. The molecule has 0 saturated heterocycles. The Morgan fingerprint density at radius 2 is 1.85 bits per heavy atom. The van der Waals surface area contributed by atoms with E-state index in [1.165, 1.54) is 12.1 Å². The lowest BCUT2D eigenvalue weighted by molar-refractivity contribution is 0.102. The van der Waals surface area contributed by atoms with Gasteiger partial charge in [0.15, 0.2) is 5.69 Å². The van der Waals surface area contributed by atoms with Crippen LogP contribution < -0.4 is 10.1 Å². The van der Waals surface area contributed by atoms with Crippen molar-refractivity contribution < 1.29 is 13.9 Å². The van der Waals surface area contributed by atoms with Gasteiger partial charge in [-0.1, -0.05) is 22.9 Å². The number of aromatic nitrogens is 3. The topological polar surface area (TPSA) is 69.0 Å². The smallest absolute Gasteiger partial charge is 0.278 e. The lowest BCUT2D eigenvalue weighted by atomic mass is 10.2. The quantitative estimate of drug-likeness (QED) is 0.737. The van der Waals surface area contributed by atoms with Crippen molar-refractivity contribution >= 4 is 11.6 Å². The summed E-state index contributed by atoms with van der Waals surface area (Å²) in [6, 6.07) is 12.0. The van der Waals surface area contributed by atoms with Crippen LogP contribution in [0.5, 0.6) is 5.75 Å². The molecule has 0 saturated carbocycles. The van der Waals surface area contributed by atoms with Gasteiger partial charge in [-0.2, -0.15) is 0 Å². The summed E-state index contributed by atoms with van der Waals surface area (Å²) >= 11 is 0. The van der Waals surface area contributed by atoms with Crippen molar-refractivity contribution in [2.45, 2.75) is 33.8 Å². The first-order chi connectivity index (χ1) is 12.8. The maximum Gasteiger partial charge on any atom is 0.278 e. The molecule has 1 aromatic heterocycles. The van der Waals surface area contributed by atoms with Gasteiger partial charge in [-0.05, 0) is 52.0 Å². The Morgan fingerprint density at radius 1 is 1.15 bits per heavy atom. The number of benzene rings is 2. The molecule has 0 fully saturated rings. The highest BCUT2D eigenvalue weighted by molar-refractivity contribution is 6.03. The summed E-state index contributed by atoms with van der Waals surface area (Å²) in [6.07, 6.45) is -0.0655. The van der Waals surface area contributed by atoms with Gasteiger partial charge in [0, 0.05) is 6.07 Å². The summed E-state index contributed by atoms with van der Waals surface area (Å²) in [7, 11) is 0. The van der Waals surface area contributed by atoms with Crippen molar-refractivity contribution in [3.63, 3.8) is 0 Å². The van der Waals surface area contributed by atoms with Crippen molar-refractivity contribution in [1.82, 2.24) is 15.0 Å². The highest BCUT2D eigenvalue weighted by Crippen LogP contribution is 2.22. The number of rotatable bonds is 5. The number of hydrogen-bond donors (Lipinski definition) is 1. The molecule has 7 heteroatoms. The molecule has 0 bridgehead atoms. The number of nitrogens with zero attached hydrogens (tertiary/aromatic N) is 3. The molecule has 0 spiro atoms. The van der Waals surface area contributed by atoms with Gasteiger partial charge in [-0.3, -0.25) is 4.79 Å². The Balaban J connectivity index is 1.80. The molecule has 0 atom stereocenters. The normalized spacial score (nSPS) is 10.9. The minimum atomic E-state index is -0.579. The van der Waals surface area contributed by atoms with Crippen LogP contribution in [0.15, 0.2) is 42.5 Å². The Kier molecular flexibility index (Phi) is 5.21. The zero-order chi connectivity index (χ0) is 19.6. The number of carbonyl (C=O) groups excluding carboxylic acids is 1. The zero-order valence-corrected chi connectivity index (χ0v) is 15.7. The van der Waals surface area contributed by atoms with Crippen LogP contribution in [-0.4, -0.2) is 27.0 Å². The molecule has 2 aromatic carbocycles. The number of carbonyl (C=O) groups is 1. The summed E-state index contributed by atoms with van der Waals surface area (Å²) in [5.74, 6) is -0.700. The molecule has 27 heavy (non-hydrogen) atoms. The first kappa shape index (κ1) is 18.6. The van der Waals surface area contributed by atoms with Gasteiger partial charge in [0.05, 0.1) is 23.2 Å². The second kappa shape index (κ2) is 7.57. The summed E-state index contributed by atoms with van der Waals surface area (Å²) < 4.78 is 21.3. The SMILES string of the molecule is Cc1ccc(-n2nnc(C(=O)Nc3ccc(OC(C)C)cc3F)c2C)cc1. The minimum Gasteiger partial charge on any atom is -0.491 e. The van der Waals surface area contributed by atoms with E-state index < -0.39 is 11.7 Å². The van der Waals surface area contributed by atoms with Gasteiger partial charge < -0.3 is 10.1 Å². The van der Waals surface area contributed by atoms with Gasteiger partial charge >= 0.3 is 0 Å². The van der Waals surface area contributed by atoms with E-state index >= 15 is 0 Å². The van der Waals surface area contributed by atoms with Crippen molar-refractivity contribution in [2.75, 3.05) is 5.32 Å². The van der Waals surface area contributed by atoms with Crippen molar-refractivity contribution in [2.24, 2.45) is 0 Å². The summed E-state index contributed by atoms with van der Waals surface area (Å²) in [5.41, 5.74) is 2.68. The van der Waals surface area contributed by atoms with Gasteiger partial charge in [0.1, 0.15) is 11.6 Å². The number of halogens is 1. The number of hydrogen-bond acceptors (Lipinski definition) is 4. The van der Waals surface area contributed by atoms with Gasteiger partial charge in [-0.25, -0.2) is 9.07 Å². The number of aryl methyl sites for hydroxylation is 1. The zero-order valence-electron chi connectivity index (χ0n) is 15.7. The third-order valence-corrected chi connectivity index (χ3v) is 3.95. The fraction of sp³-hybridized carbons (Fsp3) is 0.250. The molecule has 0 aliphatic carbocycles. The van der Waals surface area contributed by atoms with Crippen LogP contribution in [0, 0.1) is 19.7 Å². The van der Waals surface area contributed by atoms with E-state index in [0.29, 0.717) is 11.4 Å². The average Bonchev–Trinajstić information content (AvgIpc) is 2.99. The highest BCUT2D eigenvalue weighted by Gasteiger charge is 2.19. The van der Waals surface area contributed by atoms with E-state index in [9.17, 15) is 9.18 Å². The first-order valence-corrected chi connectivity index (χ1v) is 8.62. The van der Waals surface area contributed by atoms with Crippen LogP contribution in [0.1, 0.15) is 35.6 Å². The van der Waals surface area contributed by atoms with E-state index in [2.05, 4.69) is 15.6 Å². The van der Waals surface area contributed by atoms with Crippen LogP contribution >= 0.6 is 0 Å². The van der Waals surface area contributed by atoms with Crippen LogP contribution in [-0.2, 0) is 0 Å². The molecular weight excluding hydrogens is 347 g/mol. The van der Waals surface area contributed by atoms with E-state index in [0.717, 1.165) is 11.3 Å². The molecule has 140 valence electrons. The number of ether oxygens (including phenoxy) is 1. The largest absolute Gasteiger partial charge is 0.491 e. The van der Waals surface area contributed by atoms with E-state index in [1.807, 2.05) is 45.0 Å². The van der Waals surface area contributed by atoms with Gasteiger partial charge in [0.25, 0.3) is 5.91 Å². The van der Waals surface area contributed by atoms with E-state index in [-0.39, 0.29) is 17.5 Å². The molecule has 1 amide bonds. The Hall–Kier alpha value is -3.22. The molecule has 0 aliphatic rings. The molecule has 3 aromatic rings. The van der Waals surface area contributed by atoms with Crippen molar-refractivity contribution in [1.29, 1.82) is 0 Å².